The molecule has 0 spiro atoms. The maximum absolute atomic E-state index is 5.68. The number of aromatic nitrogens is 3. The Morgan fingerprint density at radius 2 is 1.96 bits per heavy atom. The molecule has 26 heavy (non-hydrogen) atoms. The molecule has 4 rings (SSSR count). The van der Waals surface area contributed by atoms with Gasteiger partial charge in [-0.1, -0.05) is 35.8 Å². The first-order valence-corrected chi connectivity index (χ1v) is 9.03. The van der Waals surface area contributed by atoms with Crippen molar-refractivity contribution in [1.82, 2.24) is 20.0 Å². The highest BCUT2D eigenvalue weighted by molar-refractivity contribution is 5.21. The minimum Gasteiger partial charge on any atom is -0.485 e. The maximum atomic E-state index is 5.68. The minimum absolute atomic E-state index is 0.303. The van der Waals surface area contributed by atoms with Crippen LogP contribution in [0.25, 0.3) is 0 Å². The largest absolute Gasteiger partial charge is 0.485 e. The van der Waals surface area contributed by atoms with Gasteiger partial charge in [0.15, 0.2) is 6.61 Å². The Hall–Kier alpha value is -2.73. The molecule has 1 saturated heterocycles. The van der Waals surface area contributed by atoms with Crippen molar-refractivity contribution in [3.8, 4) is 5.75 Å². The lowest BCUT2D eigenvalue weighted by molar-refractivity contribution is 0.121. The van der Waals surface area contributed by atoms with E-state index in [1.807, 2.05) is 48.7 Å². The third kappa shape index (κ3) is 4.08. The molecule has 0 aliphatic carbocycles. The van der Waals surface area contributed by atoms with E-state index in [0.29, 0.717) is 30.9 Å². The molecule has 0 unspecified atom stereocenters. The van der Waals surface area contributed by atoms with Gasteiger partial charge in [0.2, 0.25) is 11.7 Å². The highest BCUT2D eigenvalue weighted by Crippen LogP contribution is 2.30. The van der Waals surface area contributed by atoms with Gasteiger partial charge in [-0.3, -0.25) is 9.88 Å². The molecule has 1 atom stereocenters. The van der Waals surface area contributed by atoms with Gasteiger partial charge in [-0.25, -0.2) is 0 Å². The molecule has 0 bridgehead atoms. The van der Waals surface area contributed by atoms with Crippen molar-refractivity contribution in [2.75, 3.05) is 6.54 Å². The van der Waals surface area contributed by atoms with Crippen LogP contribution in [0.15, 0.2) is 59.3 Å². The number of hydrogen-bond acceptors (Lipinski definition) is 6. The number of pyridine rings is 1. The summed E-state index contributed by atoms with van der Waals surface area (Å²) < 4.78 is 11.1. The smallest absolute Gasteiger partial charge is 0.240 e. The van der Waals surface area contributed by atoms with Gasteiger partial charge in [-0.05, 0) is 43.7 Å². The zero-order valence-electron chi connectivity index (χ0n) is 14.6. The Kier molecular flexibility index (Phi) is 5.21. The average molecular weight is 350 g/mol. The number of ether oxygens (including phenoxy) is 1. The van der Waals surface area contributed by atoms with E-state index < -0.39 is 0 Å². The summed E-state index contributed by atoms with van der Waals surface area (Å²) in [4.78, 5) is 11.4. The van der Waals surface area contributed by atoms with Crippen molar-refractivity contribution in [3.05, 3.63) is 72.1 Å². The monoisotopic (exact) mass is 350 g/mol. The van der Waals surface area contributed by atoms with Gasteiger partial charge in [0.1, 0.15) is 5.75 Å². The van der Waals surface area contributed by atoms with E-state index in [1.54, 1.807) is 0 Å². The van der Waals surface area contributed by atoms with Crippen molar-refractivity contribution in [3.63, 3.8) is 0 Å². The molecule has 134 valence electrons. The van der Waals surface area contributed by atoms with Crippen LogP contribution < -0.4 is 4.74 Å². The van der Waals surface area contributed by atoms with E-state index in [9.17, 15) is 0 Å². The minimum atomic E-state index is 0.303. The van der Waals surface area contributed by atoms with Crippen molar-refractivity contribution in [2.24, 2.45) is 0 Å². The van der Waals surface area contributed by atoms with E-state index in [4.69, 9.17) is 9.26 Å². The van der Waals surface area contributed by atoms with Gasteiger partial charge in [0.25, 0.3) is 0 Å². The number of para-hydroxylation sites is 1. The van der Waals surface area contributed by atoms with Gasteiger partial charge in [-0.2, -0.15) is 4.98 Å². The molecule has 3 aromatic rings. The van der Waals surface area contributed by atoms with Crippen LogP contribution in [0.5, 0.6) is 5.75 Å². The second-order valence-corrected chi connectivity index (χ2v) is 6.44. The predicted octanol–water partition coefficient (Wildman–Crippen LogP) is 3.77. The molecule has 1 aliphatic rings. The van der Waals surface area contributed by atoms with E-state index in [0.717, 1.165) is 24.4 Å². The molecule has 1 fully saturated rings. The van der Waals surface area contributed by atoms with Gasteiger partial charge in [0, 0.05) is 6.20 Å². The van der Waals surface area contributed by atoms with E-state index in [2.05, 4.69) is 26.1 Å². The Balaban J connectivity index is 1.39. The standard InChI is InChI=1S/C20H22N4O2/c1-2-8-16(9-3-1)25-15-19-22-20(26-23-19)14-24-13-7-5-11-18(24)17-10-4-6-12-21-17/h1-4,6,8-10,12,18H,5,7,11,13-15H2/t18-/m0/s1. The fourth-order valence-corrected chi connectivity index (χ4v) is 3.34. The first-order chi connectivity index (χ1) is 12.9. The lowest BCUT2D eigenvalue weighted by atomic mass is 9.99. The second kappa shape index (κ2) is 8.10. The fraction of sp³-hybridized carbons (Fsp3) is 0.350. The number of nitrogens with zero attached hydrogens (tertiary/aromatic N) is 4. The summed E-state index contributed by atoms with van der Waals surface area (Å²) in [6, 6.07) is 16.0. The van der Waals surface area contributed by atoms with Crippen LogP contribution >= 0.6 is 0 Å². The number of rotatable bonds is 6. The van der Waals surface area contributed by atoms with Crippen molar-refractivity contribution >= 4 is 0 Å². The molecule has 1 aromatic carbocycles. The van der Waals surface area contributed by atoms with Gasteiger partial charge >= 0.3 is 0 Å². The molecular weight excluding hydrogens is 328 g/mol. The van der Waals surface area contributed by atoms with Crippen LogP contribution in [0.3, 0.4) is 0 Å². The summed E-state index contributed by atoms with van der Waals surface area (Å²) in [6.45, 7) is 1.95. The number of piperidine rings is 1. The molecule has 1 aliphatic heterocycles. The van der Waals surface area contributed by atoms with Crippen LogP contribution in [0.2, 0.25) is 0 Å². The summed E-state index contributed by atoms with van der Waals surface area (Å²) in [6.07, 6.45) is 5.36. The van der Waals surface area contributed by atoms with Gasteiger partial charge in [0.05, 0.1) is 18.3 Å². The lowest BCUT2D eigenvalue weighted by Gasteiger charge is -2.34. The molecule has 0 saturated carbocycles. The first-order valence-electron chi connectivity index (χ1n) is 9.03. The highest BCUT2D eigenvalue weighted by atomic mass is 16.5. The Labute approximate surface area is 152 Å². The highest BCUT2D eigenvalue weighted by Gasteiger charge is 2.26. The van der Waals surface area contributed by atoms with Crippen LogP contribution in [0.1, 0.15) is 42.7 Å². The molecule has 0 radical (unpaired) electrons. The SMILES string of the molecule is c1ccc(OCc2noc(CN3CCCC[C@H]3c3ccccn3)n2)cc1. The Morgan fingerprint density at radius 1 is 1.08 bits per heavy atom. The molecule has 6 nitrogen and oxygen atoms in total. The van der Waals surface area contributed by atoms with Crippen LogP contribution in [0.4, 0.5) is 0 Å². The number of benzene rings is 1. The van der Waals surface area contributed by atoms with Crippen molar-refractivity contribution < 1.29 is 9.26 Å². The van der Waals surface area contributed by atoms with Crippen LogP contribution in [0, 0.1) is 0 Å². The lowest BCUT2D eigenvalue weighted by Crippen LogP contribution is -2.33. The van der Waals surface area contributed by atoms with Crippen molar-refractivity contribution in [2.45, 2.75) is 38.5 Å². The normalized spacial score (nSPS) is 17.9. The van der Waals surface area contributed by atoms with Crippen LogP contribution in [-0.4, -0.2) is 26.6 Å². The molecule has 0 amide bonds. The third-order valence-electron chi connectivity index (χ3n) is 4.60. The quantitative estimate of drug-likeness (QED) is 0.674. The molecule has 6 heteroatoms. The molecular formula is C20H22N4O2. The molecule has 0 N–H and O–H groups in total. The van der Waals surface area contributed by atoms with E-state index >= 15 is 0 Å². The van der Waals surface area contributed by atoms with Gasteiger partial charge < -0.3 is 9.26 Å². The third-order valence-corrected chi connectivity index (χ3v) is 4.60. The topological polar surface area (TPSA) is 64.3 Å². The second-order valence-electron chi connectivity index (χ2n) is 6.44. The van der Waals surface area contributed by atoms with E-state index in [-0.39, 0.29) is 0 Å². The number of likely N-dealkylation sites (tertiary alicyclic amines) is 1. The first kappa shape index (κ1) is 16.7. The Morgan fingerprint density at radius 3 is 2.81 bits per heavy atom. The summed E-state index contributed by atoms with van der Waals surface area (Å²) in [5.74, 6) is 1.99. The summed E-state index contributed by atoms with van der Waals surface area (Å²) in [5, 5.41) is 4.04. The zero-order valence-corrected chi connectivity index (χ0v) is 14.6. The van der Waals surface area contributed by atoms with Crippen LogP contribution in [-0.2, 0) is 13.2 Å². The zero-order chi connectivity index (χ0) is 17.6. The summed E-state index contributed by atoms with van der Waals surface area (Å²) in [7, 11) is 0. The number of hydrogen-bond donors (Lipinski definition) is 0. The fourth-order valence-electron chi connectivity index (χ4n) is 3.34. The average Bonchev–Trinajstić information content (AvgIpc) is 3.16. The Bertz CT molecular complexity index is 807. The summed E-state index contributed by atoms with van der Waals surface area (Å²) in [5.41, 5.74) is 1.11. The maximum Gasteiger partial charge on any atom is 0.240 e. The van der Waals surface area contributed by atoms with Gasteiger partial charge in [-0.15, -0.1) is 0 Å². The predicted molar refractivity (Wildman–Crippen MR) is 96.3 cm³/mol. The molecule has 3 heterocycles. The van der Waals surface area contributed by atoms with Crippen molar-refractivity contribution in [1.29, 1.82) is 0 Å². The molecule has 2 aromatic heterocycles. The van der Waals surface area contributed by atoms with E-state index in [1.165, 1.54) is 12.8 Å². The summed E-state index contributed by atoms with van der Waals surface area (Å²) >= 11 is 0.